The average molecular weight is 857 g/mol. The first-order valence-electron chi connectivity index (χ1n) is 17.5. The Hall–Kier alpha value is -3.34. The number of non-ortho nitro benzene ring substituents is 2. The fourth-order valence-corrected chi connectivity index (χ4v) is 9.53. The van der Waals surface area contributed by atoms with Gasteiger partial charge >= 0.3 is 11.9 Å². The number of methoxy groups -OCH3 is 2. The van der Waals surface area contributed by atoms with E-state index in [1.165, 1.54) is 12.1 Å². The van der Waals surface area contributed by atoms with Crippen molar-refractivity contribution < 1.29 is 81.3 Å². The number of fused-ring (bicyclic) bond motifs is 4. The normalized spacial score (nSPS) is 29.9. The van der Waals surface area contributed by atoms with E-state index >= 15 is 0 Å². The summed E-state index contributed by atoms with van der Waals surface area (Å²) in [4.78, 5) is 47.9. The lowest BCUT2D eigenvalue weighted by Gasteiger charge is -2.47. The van der Waals surface area contributed by atoms with Gasteiger partial charge in [-0.25, -0.2) is 0 Å². The molecule has 0 radical (unpaired) electrons. The number of ether oxygens (including phenoxy) is 4. The van der Waals surface area contributed by atoms with Gasteiger partial charge in [0.2, 0.25) is 0 Å². The summed E-state index contributed by atoms with van der Waals surface area (Å²) >= 11 is 0. The van der Waals surface area contributed by atoms with Gasteiger partial charge in [0, 0.05) is 75.6 Å². The quantitative estimate of drug-likeness (QED) is 0.110. The monoisotopic (exact) mass is 854 g/mol. The number of piperidine rings is 2. The number of esters is 2. The van der Waals surface area contributed by atoms with Crippen LogP contribution in [0, 0.1) is 20.2 Å². The number of hydrogen-bond acceptors (Lipinski definition) is 10. The topological polar surface area (TPSA) is 157 Å². The average Bonchev–Trinajstić information content (AvgIpc) is 3.31. The summed E-state index contributed by atoms with van der Waals surface area (Å²) in [5.74, 6) is 0.457. The maximum atomic E-state index is 12.9. The number of benzene rings is 2. The highest BCUT2D eigenvalue weighted by atomic mass is 79.9. The molecule has 6 rings (SSSR count). The van der Waals surface area contributed by atoms with Gasteiger partial charge in [-0.05, 0) is 12.1 Å². The van der Waals surface area contributed by atoms with Gasteiger partial charge in [0.15, 0.2) is 0 Å². The van der Waals surface area contributed by atoms with E-state index in [2.05, 4.69) is 14.1 Å². The van der Waals surface area contributed by atoms with E-state index in [0.29, 0.717) is 50.3 Å². The molecule has 4 saturated heterocycles. The van der Waals surface area contributed by atoms with Crippen molar-refractivity contribution in [2.75, 3.05) is 28.3 Å². The highest BCUT2D eigenvalue weighted by Crippen LogP contribution is 2.46. The number of halogens is 2. The molecule has 0 amide bonds. The molecule has 52 heavy (non-hydrogen) atoms. The van der Waals surface area contributed by atoms with Gasteiger partial charge in [-0.2, -0.15) is 0 Å². The second-order valence-corrected chi connectivity index (χ2v) is 15.0. The third kappa shape index (κ3) is 8.39. The summed E-state index contributed by atoms with van der Waals surface area (Å²) < 4.78 is 24.3. The molecule has 0 saturated carbocycles. The van der Waals surface area contributed by atoms with Gasteiger partial charge in [0.1, 0.15) is 36.8 Å². The van der Waals surface area contributed by atoms with Crippen LogP contribution in [0.15, 0.2) is 36.4 Å². The third-order valence-electron chi connectivity index (χ3n) is 12.2. The fourth-order valence-electron chi connectivity index (χ4n) is 9.53. The summed E-state index contributed by atoms with van der Waals surface area (Å²) in [5.41, 5.74) is 1.67. The van der Waals surface area contributed by atoms with Crippen LogP contribution in [0.25, 0.3) is 0 Å². The van der Waals surface area contributed by atoms with Crippen molar-refractivity contribution in [1.82, 2.24) is 0 Å². The molecule has 8 atom stereocenters. The van der Waals surface area contributed by atoms with Crippen molar-refractivity contribution in [3.05, 3.63) is 67.8 Å². The van der Waals surface area contributed by atoms with E-state index in [1.807, 2.05) is 0 Å². The standard InChI is InChI=1S/C36H48N4O10.2BrH/c1-39(21-23-15-25(37(43)44)5-11-33(23)47-3)27-7-8-28(39)18-31(17-27)49-35(41)13-14-36(42)50-32-19-29-9-10-30(20-32)40(29,2)22-24-16-26(38(45)46)6-12-34(24)48-4;;/h5-6,11-12,15-16,27-32H,7-10,13-14,17-22H2,1-4H3;2*1H/q+2;;/p-2/t27-,28+,29-,30+,31?,32?,39?,40?;;. The Morgan fingerprint density at radius 2 is 0.981 bits per heavy atom. The lowest BCUT2D eigenvalue weighted by atomic mass is 9.95. The SMILES string of the molecule is COc1ccc([N+](=O)[O-])cc1C[N+]1(C)[C@@H]2CC[C@H]1CC(OC(=O)CCC(=O)OC1C[C@H]3CC[C@@H](C1)[N+]3(C)Cc1cc([N+](=O)[O-])ccc1OC)C2.[Br-].[Br-]. The van der Waals surface area contributed by atoms with Crippen LogP contribution in [0.4, 0.5) is 11.4 Å². The largest absolute Gasteiger partial charge is 1.00 e. The number of carbonyl (C=O) groups excluding carboxylic acids is 2. The Labute approximate surface area is 324 Å². The summed E-state index contributed by atoms with van der Waals surface area (Å²) in [6, 6.07) is 10.4. The summed E-state index contributed by atoms with van der Waals surface area (Å²) in [7, 11) is 7.49. The van der Waals surface area contributed by atoms with E-state index < -0.39 is 21.8 Å². The predicted molar refractivity (Wildman–Crippen MR) is 180 cm³/mol. The number of hydrogen-bond donors (Lipinski definition) is 0. The molecular weight excluding hydrogens is 808 g/mol. The zero-order valence-electron chi connectivity index (χ0n) is 30.0. The molecule has 0 aliphatic carbocycles. The minimum Gasteiger partial charge on any atom is -1.00 e. The Bertz CT molecular complexity index is 1510. The molecule has 286 valence electrons. The van der Waals surface area contributed by atoms with Crippen molar-refractivity contribution in [2.24, 2.45) is 0 Å². The molecule has 0 aromatic heterocycles. The smallest absolute Gasteiger partial charge is 0.306 e. The Kier molecular flexibility index (Phi) is 13.4. The molecule has 0 spiro atoms. The Balaban J connectivity index is 0.00000302. The van der Waals surface area contributed by atoms with Gasteiger partial charge in [0.25, 0.3) is 11.4 Å². The maximum absolute atomic E-state index is 12.9. The first kappa shape index (κ1) is 41.4. The second kappa shape index (κ2) is 16.8. The minimum absolute atomic E-state index is 0. The molecule has 0 N–H and O–H groups in total. The van der Waals surface area contributed by atoms with Crippen molar-refractivity contribution in [3.63, 3.8) is 0 Å². The van der Waals surface area contributed by atoms with Crippen LogP contribution in [-0.2, 0) is 32.2 Å². The van der Waals surface area contributed by atoms with Crippen molar-refractivity contribution >= 4 is 23.3 Å². The van der Waals surface area contributed by atoms with Crippen LogP contribution < -0.4 is 43.4 Å². The maximum Gasteiger partial charge on any atom is 0.306 e. The number of quaternary nitrogens is 2. The van der Waals surface area contributed by atoms with E-state index in [-0.39, 0.29) is 94.6 Å². The van der Waals surface area contributed by atoms with Gasteiger partial charge in [-0.1, -0.05) is 0 Å². The van der Waals surface area contributed by atoms with Gasteiger partial charge in [-0.15, -0.1) is 0 Å². The lowest BCUT2D eigenvalue weighted by molar-refractivity contribution is -0.961. The van der Waals surface area contributed by atoms with Crippen LogP contribution in [0.1, 0.15) is 75.3 Å². The molecule has 14 nitrogen and oxygen atoms in total. The highest BCUT2D eigenvalue weighted by Gasteiger charge is 2.54. The molecule has 4 fully saturated rings. The van der Waals surface area contributed by atoms with Gasteiger partial charge in [-0.3, -0.25) is 29.8 Å². The second-order valence-electron chi connectivity index (χ2n) is 15.0. The molecular formula is C36H48Br2N4O10. The van der Waals surface area contributed by atoms with Crippen molar-refractivity contribution in [2.45, 2.75) is 114 Å². The molecule has 2 aromatic rings. The fraction of sp³-hybridized carbons (Fsp3) is 0.611. The summed E-state index contributed by atoms with van der Waals surface area (Å²) in [6.07, 6.45) is 6.19. The molecule has 4 aliphatic heterocycles. The van der Waals surface area contributed by atoms with Gasteiger partial charge in [0.05, 0.1) is 86.3 Å². The molecule has 16 heteroatoms. The Morgan fingerprint density at radius 1 is 0.654 bits per heavy atom. The van der Waals surface area contributed by atoms with E-state index in [0.717, 1.165) is 45.8 Å². The summed E-state index contributed by atoms with van der Waals surface area (Å²) in [6.45, 7) is 1.19. The molecule has 4 aliphatic rings. The number of nitrogens with zero attached hydrogens (tertiary/aromatic N) is 4. The third-order valence-corrected chi connectivity index (χ3v) is 12.2. The molecule has 4 unspecified atom stereocenters. The lowest BCUT2D eigenvalue weighted by Crippen LogP contribution is -3.00. The van der Waals surface area contributed by atoms with Crippen LogP contribution in [0.2, 0.25) is 0 Å². The molecule has 4 bridgehead atoms. The van der Waals surface area contributed by atoms with Crippen LogP contribution in [0.5, 0.6) is 11.5 Å². The van der Waals surface area contributed by atoms with E-state index in [9.17, 15) is 29.8 Å². The van der Waals surface area contributed by atoms with Crippen LogP contribution in [0.3, 0.4) is 0 Å². The first-order valence-corrected chi connectivity index (χ1v) is 17.5. The number of nitro benzene ring substituents is 2. The van der Waals surface area contributed by atoms with Crippen molar-refractivity contribution in [3.8, 4) is 11.5 Å². The highest BCUT2D eigenvalue weighted by molar-refractivity contribution is 5.77. The van der Waals surface area contributed by atoms with Crippen LogP contribution >= 0.6 is 0 Å². The zero-order chi connectivity index (χ0) is 35.8. The molecule has 4 heterocycles. The number of carbonyl (C=O) groups is 2. The summed E-state index contributed by atoms with van der Waals surface area (Å²) in [5, 5.41) is 22.8. The first-order chi connectivity index (χ1) is 23.8. The van der Waals surface area contributed by atoms with E-state index in [1.54, 1.807) is 38.5 Å². The molecule has 2 aromatic carbocycles. The minimum atomic E-state index is -0.401. The van der Waals surface area contributed by atoms with E-state index in [4.69, 9.17) is 18.9 Å². The van der Waals surface area contributed by atoms with Gasteiger partial charge < -0.3 is 61.9 Å². The van der Waals surface area contributed by atoms with Crippen molar-refractivity contribution in [1.29, 1.82) is 0 Å². The zero-order valence-corrected chi connectivity index (χ0v) is 33.2. The Morgan fingerprint density at radius 3 is 1.27 bits per heavy atom. The number of rotatable bonds is 13. The number of nitro groups is 2. The predicted octanol–water partition coefficient (Wildman–Crippen LogP) is -0.625. The van der Waals surface area contributed by atoms with Crippen LogP contribution in [-0.4, -0.2) is 95.4 Å².